The Balaban J connectivity index is 0.999. The summed E-state index contributed by atoms with van der Waals surface area (Å²) in [5.41, 5.74) is 9.32. The highest BCUT2D eigenvalue weighted by atomic mass is 32.2. The molecule has 0 unspecified atom stereocenters. The fourth-order valence-corrected chi connectivity index (χ4v) is 7.86. The molecule has 0 saturated heterocycles. The van der Waals surface area contributed by atoms with Crippen LogP contribution < -0.4 is 21.3 Å². The molecule has 0 radical (unpaired) electrons. The summed E-state index contributed by atoms with van der Waals surface area (Å²) in [6.45, 7) is 5.40. The molecule has 10 heteroatoms. The third kappa shape index (κ3) is 8.41. The van der Waals surface area contributed by atoms with Gasteiger partial charge in [-0.05, 0) is 111 Å². The number of nitrogens with one attached hydrogen (secondary N) is 4. The van der Waals surface area contributed by atoms with Gasteiger partial charge in [0.05, 0.1) is 22.7 Å². The summed E-state index contributed by atoms with van der Waals surface area (Å²) >= 11 is 3.46. The van der Waals surface area contributed by atoms with E-state index in [9.17, 15) is 0 Å². The number of aromatic nitrogens is 4. The molecule has 4 aromatic carbocycles. The SMILES string of the molecule is Cc1ccc2c(Nc3cc(NCCNc4ccc(Sc5ccccc5)c(Nc5ccnc6nc(C)ccc56)c4)ccc3Sc3ccccc3)ccnc2n1. The lowest BCUT2D eigenvalue weighted by Crippen LogP contribution is -2.14. The van der Waals surface area contributed by atoms with Crippen LogP contribution in [0.25, 0.3) is 22.1 Å². The zero-order valence-corrected chi connectivity index (χ0v) is 31.5. The van der Waals surface area contributed by atoms with Gasteiger partial charge in [-0.25, -0.2) is 19.9 Å². The van der Waals surface area contributed by atoms with E-state index in [0.29, 0.717) is 0 Å². The molecule has 0 spiro atoms. The van der Waals surface area contributed by atoms with Gasteiger partial charge in [0.15, 0.2) is 11.3 Å². The second kappa shape index (κ2) is 16.3. The maximum absolute atomic E-state index is 4.64. The van der Waals surface area contributed by atoms with Gasteiger partial charge in [-0.2, -0.15) is 0 Å². The fourth-order valence-electron chi connectivity index (χ4n) is 6.05. The Morgan fingerprint density at radius 1 is 0.463 bits per heavy atom. The molecule has 8 rings (SSSR count). The Morgan fingerprint density at radius 2 is 0.907 bits per heavy atom. The summed E-state index contributed by atoms with van der Waals surface area (Å²) in [5, 5.41) is 16.6. The molecule has 0 bridgehead atoms. The molecular weight excluding hydrogens is 705 g/mol. The van der Waals surface area contributed by atoms with Crippen molar-refractivity contribution in [3.8, 4) is 0 Å². The molecule has 8 aromatic rings. The molecule has 54 heavy (non-hydrogen) atoms. The number of fused-ring (bicyclic) bond motifs is 2. The average Bonchev–Trinajstić information content (AvgIpc) is 3.19. The van der Waals surface area contributed by atoms with Gasteiger partial charge in [-0.3, -0.25) is 0 Å². The first-order chi connectivity index (χ1) is 26.5. The van der Waals surface area contributed by atoms with Crippen LogP contribution in [-0.2, 0) is 0 Å². The van der Waals surface area contributed by atoms with E-state index in [1.165, 1.54) is 9.79 Å². The Hall–Kier alpha value is -6.10. The first-order valence-corrected chi connectivity index (χ1v) is 19.4. The third-order valence-corrected chi connectivity index (χ3v) is 10.9. The van der Waals surface area contributed by atoms with Gasteiger partial charge in [-0.1, -0.05) is 59.9 Å². The molecule has 0 aliphatic rings. The minimum Gasteiger partial charge on any atom is -0.383 e. The molecule has 8 nitrogen and oxygen atoms in total. The number of benzene rings is 4. The molecule has 0 amide bonds. The second-order valence-corrected chi connectivity index (χ2v) is 15.0. The van der Waals surface area contributed by atoms with Crippen molar-refractivity contribution in [3.05, 3.63) is 157 Å². The van der Waals surface area contributed by atoms with E-state index in [4.69, 9.17) is 0 Å². The molecule has 0 aliphatic carbocycles. The predicted octanol–water partition coefficient (Wildman–Crippen LogP) is 11.5. The Kier molecular flexibility index (Phi) is 10.5. The molecule has 0 fully saturated rings. The van der Waals surface area contributed by atoms with Crippen LogP contribution in [0.3, 0.4) is 0 Å². The number of hydrogen-bond acceptors (Lipinski definition) is 10. The van der Waals surface area contributed by atoms with Crippen LogP contribution in [0.5, 0.6) is 0 Å². The topological polar surface area (TPSA) is 99.7 Å². The van der Waals surface area contributed by atoms with E-state index in [1.807, 2.05) is 50.2 Å². The number of aryl methyl sites for hydroxylation is 2. The molecule has 4 aromatic heterocycles. The molecule has 266 valence electrons. The number of anilines is 6. The van der Waals surface area contributed by atoms with Crippen LogP contribution in [0.15, 0.2) is 165 Å². The highest BCUT2D eigenvalue weighted by molar-refractivity contribution is 7.99. The Labute approximate surface area is 323 Å². The van der Waals surface area contributed by atoms with Crippen LogP contribution in [0.2, 0.25) is 0 Å². The molecule has 4 N–H and O–H groups in total. The average molecular weight is 743 g/mol. The summed E-state index contributed by atoms with van der Waals surface area (Å²) in [6, 6.07) is 46.0. The third-order valence-electron chi connectivity index (χ3n) is 8.71. The van der Waals surface area contributed by atoms with Crippen molar-refractivity contribution in [1.82, 2.24) is 19.9 Å². The second-order valence-electron chi connectivity index (χ2n) is 12.7. The Bertz CT molecular complexity index is 2370. The number of rotatable bonds is 13. The minimum atomic E-state index is 0.718. The lowest BCUT2D eigenvalue weighted by atomic mass is 10.2. The molecule has 0 atom stereocenters. The van der Waals surface area contributed by atoms with E-state index in [0.717, 1.165) is 90.5 Å². The van der Waals surface area contributed by atoms with Crippen molar-refractivity contribution in [2.24, 2.45) is 0 Å². The van der Waals surface area contributed by atoms with Gasteiger partial charge in [-0.15, -0.1) is 0 Å². The largest absolute Gasteiger partial charge is 0.383 e. The maximum Gasteiger partial charge on any atom is 0.161 e. The number of hydrogen-bond donors (Lipinski definition) is 4. The van der Waals surface area contributed by atoms with Gasteiger partial charge in [0.1, 0.15) is 0 Å². The van der Waals surface area contributed by atoms with Crippen molar-refractivity contribution >= 4 is 79.7 Å². The summed E-state index contributed by atoms with van der Waals surface area (Å²) < 4.78 is 0. The first kappa shape index (κ1) is 35.0. The van der Waals surface area contributed by atoms with Gasteiger partial charge >= 0.3 is 0 Å². The van der Waals surface area contributed by atoms with Crippen LogP contribution in [0.4, 0.5) is 34.1 Å². The predicted molar refractivity (Wildman–Crippen MR) is 226 cm³/mol. The van der Waals surface area contributed by atoms with E-state index < -0.39 is 0 Å². The van der Waals surface area contributed by atoms with Gasteiger partial charge in [0.25, 0.3) is 0 Å². The van der Waals surface area contributed by atoms with Crippen LogP contribution in [-0.4, -0.2) is 33.0 Å². The van der Waals surface area contributed by atoms with Crippen LogP contribution in [0, 0.1) is 13.8 Å². The fraction of sp³-hybridized carbons (Fsp3) is 0.0909. The van der Waals surface area contributed by atoms with Crippen molar-refractivity contribution < 1.29 is 0 Å². The molecular formula is C44H38N8S2. The van der Waals surface area contributed by atoms with E-state index >= 15 is 0 Å². The van der Waals surface area contributed by atoms with E-state index in [1.54, 1.807) is 35.9 Å². The van der Waals surface area contributed by atoms with Crippen LogP contribution in [0.1, 0.15) is 11.4 Å². The lowest BCUT2D eigenvalue weighted by Gasteiger charge is -2.17. The number of nitrogens with zero attached hydrogens (tertiary/aromatic N) is 4. The monoisotopic (exact) mass is 742 g/mol. The zero-order valence-electron chi connectivity index (χ0n) is 29.9. The van der Waals surface area contributed by atoms with Gasteiger partial charge in [0.2, 0.25) is 0 Å². The minimum absolute atomic E-state index is 0.718. The number of pyridine rings is 4. The standard InChI is InChI=1S/C44H38N8S2/c1-29-13-17-35-37(21-23-47-43(35)49-29)51-39-27-31(15-19-41(39)53-33-9-5-3-6-10-33)45-25-26-46-32-16-20-42(54-34-11-7-4-8-12-34)40(28-32)52-38-22-24-48-44-36(38)18-14-30(2)50-44/h3-24,27-28,45-46H,25-26H2,1-2H3,(H,47,49,51)(H,48,50,52). The summed E-state index contributed by atoms with van der Waals surface area (Å²) in [6.07, 6.45) is 3.61. The molecule has 0 aliphatic heterocycles. The van der Waals surface area contributed by atoms with Crippen molar-refractivity contribution in [2.45, 2.75) is 33.4 Å². The van der Waals surface area contributed by atoms with E-state index in [2.05, 4.69) is 138 Å². The normalized spacial score (nSPS) is 11.1. The highest BCUT2D eigenvalue weighted by Gasteiger charge is 2.12. The first-order valence-electron chi connectivity index (χ1n) is 17.7. The van der Waals surface area contributed by atoms with Crippen molar-refractivity contribution in [2.75, 3.05) is 34.4 Å². The van der Waals surface area contributed by atoms with Gasteiger partial charge < -0.3 is 21.3 Å². The lowest BCUT2D eigenvalue weighted by molar-refractivity contribution is 1.08. The quantitative estimate of drug-likeness (QED) is 0.0854. The summed E-state index contributed by atoms with van der Waals surface area (Å²) in [4.78, 5) is 22.9. The van der Waals surface area contributed by atoms with E-state index in [-0.39, 0.29) is 0 Å². The molecule has 0 saturated carbocycles. The Morgan fingerprint density at radius 3 is 1.35 bits per heavy atom. The maximum atomic E-state index is 4.64. The summed E-state index contributed by atoms with van der Waals surface area (Å²) in [5.74, 6) is 0. The van der Waals surface area contributed by atoms with Crippen molar-refractivity contribution in [1.29, 1.82) is 0 Å². The van der Waals surface area contributed by atoms with Gasteiger partial charge in [0, 0.05) is 78.6 Å². The summed E-state index contributed by atoms with van der Waals surface area (Å²) in [7, 11) is 0. The molecule has 4 heterocycles. The van der Waals surface area contributed by atoms with Crippen LogP contribution >= 0.6 is 23.5 Å². The zero-order chi connectivity index (χ0) is 36.7. The van der Waals surface area contributed by atoms with Crippen molar-refractivity contribution in [3.63, 3.8) is 0 Å². The highest BCUT2D eigenvalue weighted by Crippen LogP contribution is 2.39. The smallest absolute Gasteiger partial charge is 0.161 e.